The summed E-state index contributed by atoms with van der Waals surface area (Å²) in [6.45, 7) is 0. The van der Waals surface area contributed by atoms with Gasteiger partial charge in [-0.15, -0.1) is 11.3 Å². The van der Waals surface area contributed by atoms with E-state index in [1.165, 1.54) is 40.5 Å². The van der Waals surface area contributed by atoms with Crippen molar-refractivity contribution >= 4 is 44.2 Å². The lowest BCUT2D eigenvalue weighted by Crippen LogP contribution is -1.91. The Hall–Kier alpha value is -1.98. The highest BCUT2D eigenvalue weighted by molar-refractivity contribution is 7.98. The van der Waals surface area contributed by atoms with E-state index in [9.17, 15) is 0 Å². The fourth-order valence-corrected chi connectivity index (χ4v) is 5.56. The lowest BCUT2D eigenvalue weighted by molar-refractivity contribution is 0.915. The topological polar surface area (TPSA) is 38.7 Å². The molecule has 24 heavy (non-hydrogen) atoms. The van der Waals surface area contributed by atoms with Gasteiger partial charge >= 0.3 is 0 Å². The molecule has 0 fully saturated rings. The molecule has 0 bridgehead atoms. The van der Waals surface area contributed by atoms with Crippen LogP contribution in [-0.2, 0) is 18.6 Å². The molecule has 0 saturated carbocycles. The Morgan fingerprint density at radius 1 is 1.04 bits per heavy atom. The molecular weight excluding hydrogens is 334 g/mol. The van der Waals surface area contributed by atoms with Gasteiger partial charge in [-0.1, -0.05) is 36.0 Å². The summed E-state index contributed by atoms with van der Waals surface area (Å²) in [6.07, 6.45) is 5.34. The second-order valence-electron chi connectivity index (χ2n) is 6.00. The smallest absolute Gasteiger partial charge is 0.128 e. The molecule has 0 atom stereocenters. The summed E-state index contributed by atoms with van der Waals surface area (Å²) in [5.74, 6) is 0.835. The first-order valence-electron chi connectivity index (χ1n) is 8.11. The highest BCUT2D eigenvalue weighted by Gasteiger charge is 2.21. The lowest BCUT2D eigenvalue weighted by atomic mass is 10.2. The Morgan fingerprint density at radius 3 is 3.00 bits per heavy atom. The summed E-state index contributed by atoms with van der Waals surface area (Å²) in [7, 11) is 0. The number of nitrogens with zero attached hydrogens (tertiary/aromatic N) is 3. The number of rotatable bonds is 3. The number of fused-ring (bicyclic) bond motifs is 4. The molecule has 1 aliphatic rings. The van der Waals surface area contributed by atoms with Crippen LogP contribution in [0.5, 0.6) is 0 Å². The molecule has 1 aliphatic carbocycles. The maximum Gasteiger partial charge on any atom is 0.128 e. The Bertz CT molecular complexity index is 1060. The van der Waals surface area contributed by atoms with Crippen LogP contribution in [0.3, 0.4) is 0 Å². The van der Waals surface area contributed by atoms with Gasteiger partial charge in [0.05, 0.1) is 11.2 Å². The Morgan fingerprint density at radius 2 is 2.00 bits per heavy atom. The third kappa shape index (κ3) is 2.39. The van der Waals surface area contributed by atoms with Gasteiger partial charge in [0.1, 0.15) is 16.2 Å². The molecule has 3 heterocycles. The minimum Gasteiger partial charge on any atom is -0.252 e. The summed E-state index contributed by atoms with van der Waals surface area (Å²) in [6, 6.07) is 12.5. The van der Waals surface area contributed by atoms with Crippen LogP contribution in [0.15, 0.2) is 47.8 Å². The molecular formula is C19H15N3S2. The molecule has 118 valence electrons. The van der Waals surface area contributed by atoms with E-state index in [0.29, 0.717) is 0 Å². The van der Waals surface area contributed by atoms with Crippen LogP contribution in [-0.4, -0.2) is 15.0 Å². The van der Waals surface area contributed by atoms with E-state index in [4.69, 9.17) is 4.98 Å². The number of hydrogen-bond acceptors (Lipinski definition) is 5. The van der Waals surface area contributed by atoms with Crippen molar-refractivity contribution in [1.29, 1.82) is 0 Å². The van der Waals surface area contributed by atoms with Crippen molar-refractivity contribution in [3.05, 3.63) is 58.9 Å². The number of pyridine rings is 1. The third-order valence-electron chi connectivity index (χ3n) is 4.48. The molecule has 0 N–H and O–H groups in total. The van der Waals surface area contributed by atoms with Gasteiger partial charge in [-0.3, -0.25) is 4.98 Å². The first-order valence-corrected chi connectivity index (χ1v) is 9.91. The van der Waals surface area contributed by atoms with Gasteiger partial charge in [-0.25, -0.2) is 9.97 Å². The van der Waals surface area contributed by atoms with Gasteiger partial charge in [0.25, 0.3) is 0 Å². The van der Waals surface area contributed by atoms with Crippen LogP contribution in [0, 0.1) is 0 Å². The van der Waals surface area contributed by atoms with Crippen molar-refractivity contribution in [1.82, 2.24) is 15.0 Å². The average Bonchev–Trinajstić information content (AvgIpc) is 3.20. The van der Waals surface area contributed by atoms with E-state index >= 15 is 0 Å². The van der Waals surface area contributed by atoms with Gasteiger partial charge in [-0.05, 0) is 37.0 Å². The summed E-state index contributed by atoms with van der Waals surface area (Å²) >= 11 is 3.62. The maximum atomic E-state index is 4.77. The lowest BCUT2D eigenvalue weighted by Gasteiger charge is -2.05. The first-order chi connectivity index (χ1) is 11.9. The van der Waals surface area contributed by atoms with Crippen LogP contribution in [0.1, 0.15) is 22.6 Å². The van der Waals surface area contributed by atoms with E-state index < -0.39 is 0 Å². The number of para-hydroxylation sites is 1. The molecule has 0 radical (unpaired) electrons. The second-order valence-corrected chi connectivity index (χ2v) is 8.05. The average molecular weight is 349 g/mol. The number of thioether (sulfide) groups is 1. The molecule has 4 aromatic rings. The van der Waals surface area contributed by atoms with E-state index in [-0.39, 0.29) is 0 Å². The molecule has 5 heteroatoms. The Kier molecular flexibility index (Phi) is 3.49. The van der Waals surface area contributed by atoms with Gasteiger partial charge in [0.15, 0.2) is 0 Å². The van der Waals surface area contributed by atoms with Crippen LogP contribution < -0.4 is 0 Å². The zero-order valence-electron chi connectivity index (χ0n) is 13.0. The highest BCUT2D eigenvalue weighted by Crippen LogP contribution is 2.40. The molecule has 3 aromatic heterocycles. The molecule has 1 aromatic carbocycles. The van der Waals surface area contributed by atoms with Crippen molar-refractivity contribution < 1.29 is 0 Å². The highest BCUT2D eigenvalue weighted by atomic mass is 32.2. The van der Waals surface area contributed by atoms with Crippen molar-refractivity contribution in [2.24, 2.45) is 0 Å². The summed E-state index contributed by atoms with van der Waals surface area (Å²) in [5, 5.41) is 3.58. The van der Waals surface area contributed by atoms with Crippen LogP contribution in [0.2, 0.25) is 0 Å². The summed E-state index contributed by atoms with van der Waals surface area (Å²) in [5.41, 5.74) is 3.64. The first kappa shape index (κ1) is 14.4. The van der Waals surface area contributed by atoms with E-state index in [2.05, 4.69) is 34.2 Å². The van der Waals surface area contributed by atoms with Crippen LogP contribution >= 0.6 is 23.1 Å². The summed E-state index contributed by atoms with van der Waals surface area (Å²) < 4.78 is 0. The SMILES string of the molecule is c1ccc2nc(CSc3ncnc4sc5c(c34)CCC5)ccc2c1. The Balaban J connectivity index is 1.48. The molecule has 0 unspecified atom stereocenters. The number of thiophene rings is 1. The van der Waals surface area contributed by atoms with Gasteiger partial charge in [-0.2, -0.15) is 0 Å². The molecule has 0 aliphatic heterocycles. The standard InChI is InChI=1S/C19H15N3S2/c1-2-6-15-12(4-1)8-9-13(22-15)10-23-18-17-14-5-3-7-16(14)24-19(17)21-11-20-18/h1-2,4,6,8-9,11H,3,5,7,10H2. The number of hydrogen-bond donors (Lipinski definition) is 0. The fourth-order valence-electron chi connectivity index (χ4n) is 3.34. The van der Waals surface area contributed by atoms with Crippen LogP contribution in [0.4, 0.5) is 0 Å². The number of aryl methyl sites for hydroxylation is 2. The van der Waals surface area contributed by atoms with E-state index in [0.717, 1.165) is 26.8 Å². The fraction of sp³-hybridized carbons (Fsp3) is 0.211. The predicted octanol–water partition coefficient (Wildman–Crippen LogP) is 5.02. The molecule has 3 nitrogen and oxygen atoms in total. The quantitative estimate of drug-likeness (QED) is 0.384. The van der Waals surface area contributed by atoms with Crippen molar-refractivity contribution in [2.45, 2.75) is 30.0 Å². The third-order valence-corrected chi connectivity index (χ3v) is 6.70. The van der Waals surface area contributed by atoms with Crippen molar-refractivity contribution in [2.75, 3.05) is 0 Å². The molecule has 0 amide bonds. The molecule has 0 spiro atoms. The van der Waals surface area contributed by atoms with Gasteiger partial charge < -0.3 is 0 Å². The zero-order chi connectivity index (χ0) is 15.9. The number of benzene rings is 1. The molecule has 5 rings (SSSR count). The van der Waals surface area contributed by atoms with E-state index in [1.807, 2.05) is 23.5 Å². The van der Waals surface area contributed by atoms with Gasteiger partial charge in [0, 0.05) is 21.4 Å². The predicted molar refractivity (Wildman–Crippen MR) is 101 cm³/mol. The van der Waals surface area contributed by atoms with E-state index in [1.54, 1.807) is 18.1 Å². The Labute approximate surface area is 148 Å². The normalized spacial score (nSPS) is 13.7. The van der Waals surface area contributed by atoms with Gasteiger partial charge in [0.2, 0.25) is 0 Å². The molecule has 0 saturated heterocycles. The minimum absolute atomic E-state index is 0.835. The monoisotopic (exact) mass is 349 g/mol. The maximum absolute atomic E-state index is 4.77. The van der Waals surface area contributed by atoms with Crippen molar-refractivity contribution in [3.63, 3.8) is 0 Å². The number of aromatic nitrogens is 3. The summed E-state index contributed by atoms with van der Waals surface area (Å²) in [4.78, 5) is 16.5. The second kappa shape index (κ2) is 5.83. The largest absolute Gasteiger partial charge is 0.252 e. The minimum atomic E-state index is 0.835. The van der Waals surface area contributed by atoms with Crippen molar-refractivity contribution in [3.8, 4) is 0 Å². The van der Waals surface area contributed by atoms with Crippen LogP contribution in [0.25, 0.3) is 21.1 Å². The zero-order valence-corrected chi connectivity index (χ0v) is 14.7.